The van der Waals surface area contributed by atoms with E-state index in [1.807, 2.05) is 38.2 Å². The van der Waals surface area contributed by atoms with Crippen molar-refractivity contribution < 1.29 is 14.3 Å². The van der Waals surface area contributed by atoms with Crippen LogP contribution in [0, 0.1) is 0 Å². The number of rotatable bonds is 9. The summed E-state index contributed by atoms with van der Waals surface area (Å²) in [7, 11) is 1.82. The minimum Gasteiger partial charge on any atom is -0.484 e. The molecule has 1 atom stereocenters. The molecule has 0 aliphatic heterocycles. The van der Waals surface area contributed by atoms with Gasteiger partial charge < -0.3 is 20.7 Å². The average Bonchev–Trinajstić information content (AvgIpc) is 3.35. The van der Waals surface area contributed by atoms with Crippen LogP contribution in [-0.4, -0.2) is 38.1 Å². The summed E-state index contributed by atoms with van der Waals surface area (Å²) in [6.45, 7) is 2.64. The van der Waals surface area contributed by atoms with Gasteiger partial charge in [0.1, 0.15) is 5.75 Å². The fourth-order valence-corrected chi connectivity index (χ4v) is 2.13. The first-order valence-electron chi connectivity index (χ1n) is 8.04. The highest BCUT2D eigenvalue weighted by Crippen LogP contribution is 2.19. The largest absolute Gasteiger partial charge is 0.484 e. The molecule has 6 heteroatoms. The zero-order chi connectivity index (χ0) is 16.7. The predicted octanol–water partition coefficient (Wildman–Crippen LogP) is 1.13. The standard InChI is InChI=1S/C17H25N3O3/c1-12(19-16(21)9-10-18-2)13-3-7-15(8-4-13)23-11-17(22)20-14-5-6-14/h3-4,7-8,12,14,18H,5-6,9-11H2,1-2H3,(H,19,21)(H,20,22). The Labute approximate surface area is 137 Å². The van der Waals surface area contributed by atoms with E-state index in [-0.39, 0.29) is 24.5 Å². The van der Waals surface area contributed by atoms with Crippen molar-refractivity contribution >= 4 is 11.8 Å². The second kappa shape index (κ2) is 8.53. The fourth-order valence-electron chi connectivity index (χ4n) is 2.13. The Bertz CT molecular complexity index is 526. The van der Waals surface area contributed by atoms with E-state index in [4.69, 9.17) is 4.74 Å². The Morgan fingerprint density at radius 3 is 2.52 bits per heavy atom. The zero-order valence-corrected chi connectivity index (χ0v) is 13.7. The lowest BCUT2D eigenvalue weighted by Crippen LogP contribution is -2.30. The first kappa shape index (κ1) is 17.3. The molecule has 1 aromatic rings. The maximum absolute atomic E-state index is 11.7. The summed E-state index contributed by atoms with van der Waals surface area (Å²) in [4.78, 5) is 23.3. The molecule has 0 saturated heterocycles. The van der Waals surface area contributed by atoms with E-state index in [0.717, 1.165) is 18.4 Å². The van der Waals surface area contributed by atoms with Crippen molar-refractivity contribution in [1.82, 2.24) is 16.0 Å². The van der Waals surface area contributed by atoms with Gasteiger partial charge in [-0.1, -0.05) is 12.1 Å². The average molecular weight is 319 g/mol. The topological polar surface area (TPSA) is 79.5 Å². The van der Waals surface area contributed by atoms with E-state index in [2.05, 4.69) is 16.0 Å². The van der Waals surface area contributed by atoms with Crippen LogP contribution in [0.4, 0.5) is 0 Å². The van der Waals surface area contributed by atoms with Gasteiger partial charge in [0, 0.05) is 19.0 Å². The molecule has 0 spiro atoms. The smallest absolute Gasteiger partial charge is 0.258 e. The van der Waals surface area contributed by atoms with Crippen molar-refractivity contribution in [3.63, 3.8) is 0 Å². The number of hydrogen-bond acceptors (Lipinski definition) is 4. The molecule has 2 amide bonds. The van der Waals surface area contributed by atoms with Crippen LogP contribution in [0.1, 0.15) is 37.8 Å². The molecular weight excluding hydrogens is 294 g/mol. The van der Waals surface area contributed by atoms with Crippen molar-refractivity contribution in [3.8, 4) is 5.75 Å². The third kappa shape index (κ3) is 6.28. The molecule has 2 rings (SSSR count). The Hall–Kier alpha value is -2.08. The van der Waals surface area contributed by atoms with E-state index < -0.39 is 0 Å². The van der Waals surface area contributed by atoms with Crippen LogP contribution in [0.3, 0.4) is 0 Å². The molecule has 0 radical (unpaired) electrons. The number of benzene rings is 1. The highest BCUT2D eigenvalue weighted by molar-refractivity contribution is 5.78. The summed E-state index contributed by atoms with van der Waals surface area (Å²) < 4.78 is 5.46. The van der Waals surface area contributed by atoms with Crippen molar-refractivity contribution in [2.24, 2.45) is 0 Å². The van der Waals surface area contributed by atoms with E-state index in [0.29, 0.717) is 24.8 Å². The SMILES string of the molecule is CNCCC(=O)NC(C)c1ccc(OCC(=O)NC2CC2)cc1. The normalized spacial score (nSPS) is 14.9. The number of hydrogen-bond donors (Lipinski definition) is 3. The minimum absolute atomic E-state index is 0.0175. The van der Waals surface area contributed by atoms with Crippen LogP contribution < -0.4 is 20.7 Å². The maximum atomic E-state index is 11.7. The van der Waals surface area contributed by atoms with Crippen LogP contribution in [0.5, 0.6) is 5.75 Å². The molecule has 0 aromatic heterocycles. The van der Waals surface area contributed by atoms with Gasteiger partial charge in [-0.3, -0.25) is 9.59 Å². The third-order valence-electron chi connectivity index (χ3n) is 3.67. The molecule has 1 aromatic carbocycles. The minimum atomic E-state index is -0.0817. The van der Waals surface area contributed by atoms with Crippen molar-refractivity contribution in [2.45, 2.75) is 38.3 Å². The van der Waals surface area contributed by atoms with E-state index in [1.165, 1.54) is 0 Å². The molecule has 126 valence electrons. The molecule has 1 fully saturated rings. The number of ether oxygens (including phenoxy) is 1. The monoisotopic (exact) mass is 319 g/mol. The van der Waals surface area contributed by atoms with Gasteiger partial charge >= 0.3 is 0 Å². The molecule has 1 unspecified atom stereocenters. The van der Waals surface area contributed by atoms with Crippen molar-refractivity contribution in [3.05, 3.63) is 29.8 Å². The summed E-state index contributed by atoms with van der Waals surface area (Å²) in [6.07, 6.45) is 2.59. The molecule has 6 nitrogen and oxygen atoms in total. The van der Waals surface area contributed by atoms with Gasteiger partial charge in [0.05, 0.1) is 6.04 Å². The predicted molar refractivity (Wildman–Crippen MR) is 88.2 cm³/mol. The Morgan fingerprint density at radius 2 is 1.91 bits per heavy atom. The Balaban J connectivity index is 1.76. The summed E-state index contributed by atoms with van der Waals surface area (Å²) in [5.41, 5.74) is 0.998. The van der Waals surface area contributed by atoms with E-state index in [1.54, 1.807) is 0 Å². The molecule has 3 N–H and O–H groups in total. The van der Waals surface area contributed by atoms with Crippen LogP contribution >= 0.6 is 0 Å². The second-order valence-electron chi connectivity index (χ2n) is 5.84. The number of amides is 2. The van der Waals surface area contributed by atoms with E-state index in [9.17, 15) is 9.59 Å². The van der Waals surface area contributed by atoms with Crippen LogP contribution in [0.15, 0.2) is 24.3 Å². The lowest BCUT2D eigenvalue weighted by atomic mass is 10.1. The van der Waals surface area contributed by atoms with Crippen molar-refractivity contribution in [1.29, 1.82) is 0 Å². The molecule has 1 saturated carbocycles. The highest BCUT2D eigenvalue weighted by atomic mass is 16.5. The van der Waals surface area contributed by atoms with Gasteiger partial charge in [-0.05, 0) is 44.5 Å². The number of carbonyl (C=O) groups is 2. The first-order valence-corrected chi connectivity index (χ1v) is 8.04. The molecule has 0 bridgehead atoms. The van der Waals surface area contributed by atoms with Gasteiger partial charge in [-0.2, -0.15) is 0 Å². The summed E-state index contributed by atoms with van der Waals surface area (Å²) >= 11 is 0. The van der Waals surface area contributed by atoms with E-state index >= 15 is 0 Å². The molecule has 23 heavy (non-hydrogen) atoms. The summed E-state index contributed by atoms with van der Waals surface area (Å²) in [5.74, 6) is 0.582. The molecule has 0 heterocycles. The first-order chi connectivity index (χ1) is 11.1. The van der Waals surface area contributed by atoms with Crippen LogP contribution in [-0.2, 0) is 9.59 Å². The van der Waals surface area contributed by atoms with Gasteiger partial charge in [0.25, 0.3) is 5.91 Å². The fraction of sp³-hybridized carbons (Fsp3) is 0.529. The molecule has 1 aliphatic carbocycles. The second-order valence-corrected chi connectivity index (χ2v) is 5.84. The van der Waals surface area contributed by atoms with Crippen molar-refractivity contribution in [2.75, 3.05) is 20.2 Å². The maximum Gasteiger partial charge on any atom is 0.258 e. The Morgan fingerprint density at radius 1 is 1.22 bits per heavy atom. The lowest BCUT2D eigenvalue weighted by molar-refractivity contribution is -0.123. The lowest BCUT2D eigenvalue weighted by Gasteiger charge is -2.15. The third-order valence-corrected chi connectivity index (χ3v) is 3.67. The van der Waals surface area contributed by atoms with Gasteiger partial charge in [0.15, 0.2) is 6.61 Å². The number of carbonyl (C=O) groups excluding carboxylic acids is 2. The zero-order valence-electron chi connectivity index (χ0n) is 13.7. The summed E-state index contributed by atoms with van der Waals surface area (Å²) in [5, 5.41) is 8.77. The molecule has 1 aliphatic rings. The van der Waals surface area contributed by atoms with Crippen LogP contribution in [0.25, 0.3) is 0 Å². The molecular formula is C17H25N3O3. The number of nitrogens with one attached hydrogen (secondary N) is 3. The summed E-state index contributed by atoms with van der Waals surface area (Å²) in [6, 6.07) is 7.72. The van der Waals surface area contributed by atoms with Crippen LogP contribution in [0.2, 0.25) is 0 Å². The van der Waals surface area contributed by atoms with Gasteiger partial charge in [-0.15, -0.1) is 0 Å². The quantitative estimate of drug-likeness (QED) is 0.637. The highest BCUT2D eigenvalue weighted by Gasteiger charge is 2.23. The Kier molecular flexibility index (Phi) is 6.40. The van der Waals surface area contributed by atoms with Gasteiger partial charge in [0.2, 0.25) is 5.91 Å². The van der Waals surface area contributed by atoms with Gasteiger partial charge in [-0.25, -0.2) is 0 Å².